The highest BCUT2D eigenvalue weighted by atomic mass is 16.6. The second-order valence-corrected chi connectivity index (χ2v) is 4.60. The predicted octanol–water partition coefficient (Wildman–Crippen LogP) is 1.53. The first-order valence-electron chi connectivity index (χ1n) is 6.28. The van der Waals surface area contributed by atoms with E-state index in [1.165, 1.54) is 17.0 Å². The minimum Gasteiger partial charge on any atom is -0.502 e. The molecule has 0 aliphatic heterocycles. The summed E-state index contributed by atoms with van der Waals surface area (Å²) in [5, 5.41) is 29.5. The van der Waals surface area contributed by atoms with E-state index in [-0.39, 0.29) is 18.2 Å². The minimum absolute atomic E-state index is 0.0581. The van der Waals surface area contributed by atoms with Crippen LogP contribution in [0.15, 0.2) is 18.2 Å². The third kappa shape index (κ3) is 3.45. The van der Waals surface area contributed by atoms with Gasteiger partial charge in [-0.3, -0.25) is 14.9 Å². The van der Waals surface area contributed by atoms with Crippen molar-refractivity contribution in [3.8, 4) is 5.75 Å². The number of hydrogen-bond donors (Lipinski definition) is 2. The van der Waals surface area contributed by atoms with Crippen LogP contribution in [-0.4, -0.2) is 45.1 Å². The monoisotopic (exact) mass is 282 g/mol. The highest BCUT2D eigenvalue weighted by Crippen LogP contribution is 2.30. The number of nitrogens with zero attached hydrogens (tertiary/aromatic N) is 2. The minimum atomic E-state index is -0.737. The van der Waals surface area contributed by atoms with Gasteiger partial charge < -0.3 is 15.1 Å². The standard InChI is InChI=1S/C13H18N2O5/c1-9(2)14(7-4-8-16)13(18)10-5-3-6-11(12(10)17)15(19)20/h3,5-6,9,16-17H,4,7-8H2,1-2H3. The molecule has 2 N–H and O–H groups in total. The summed E-state index contributed by atoms with van der Waals surface area (Å²) in [5.74, 6) is -1.12. The molecule has 1 amide bonds. The molecule has 0 aliphatic carbocycles. The summed E-state index contributed by atoms with van der Waals surface area (Å²) in [6.07, 6.45) is 0.402. The molecule has 0 aromatic heterocycles. The van der Waals surface area contributed by atoms with E-state index in [2.05, 4.69) is 0 Å². The van der Waals surface area contributed by atoms with Crippen molar-refractivity contribution in [2.75, 3.05) is 13.2 Å². The Morgan fingerprint density at radius 3 is 2.60 bits per heavy atom. The molecule has 0 fully saturated rings. The molecule has 0 saturated carbocycles. The topological polar surface area (TPSA) is 104 Å². The van der Waals surface area contributed by atoms with Crippen molar-refractivity contribution in [2.45, 2.75) is 26.3 Å². The summed E-state index contributed by atoms with van der Waals surface area (Å²) in [6, 6.07) is 3.70. The van der Waals surface area contributed by atoms with Crippen LogP contribution in [0.1, 0.15) is 30.6 Å². The third-order valence-electron chi connectivity index (χ3n) is 2.88. The molecule has 110 valence electrons. The average molecular weight is 282 g/mol. The van der Waals surface area contributed by atoms with E-state index < -0.39 is 22.3 Å². The van der Waals surface area contributed by atoms with Crippen LogP contribution >= 0.6 is 0 Å². The largest absolute Gasteiger partial charge is 0.502 e. The number of phenols is 1. The Morgan fingerprint density at radius 1 is 1.45 bits per heavy atom. The SMILES string of the molecule is CC(C)N(CCCO)C(=O)c1cccc([N+](=O)[O-])c1O. The van der Waals surface area contributed by atoms with Gasteiger partial charge in [0.1, 0.15) is 0 Å². The van der Waals surface area contributed by atoms with Gasteiger partial charge in [0.15, 0.2) is 0 Å². The summed E-state index contributed by atoms with van der Waals surface area (Å²) in [7, 11) is 0. The van der Waals surface area contributed by atoms with Crippen LogP contribution in [0.5, 0.6) is 5.75 Å². The van der Waals surface area contributed by atoms with E-state index >= 15 is 0 Å². The molecule has 0 atom stereocenters. The Bertz CT molecular complexity index is 502. The van der Waals surface area contributed by atoms with E-state index in [4.69, 9.17) is 5.11 Å². The van der Waals surface area contributed by atoms with Crippen molar-refractivity contribution in [1.82, 2.24) is 4.90 Å². The summed E-state index contributed by atoms with van der Waals surface area (Å²) < 4.78 is 0. The van der Waals surface area contributed by atoms with Crippen molar-refractivity contribution in [2.24, 2.45) is 0 Å². The maximum absolute atomic E-state index is 12.3. The summed E-state index contributed by atoms with van der Waals surface area (Å²) in [6.45, 7) is 3.85. The molecule has 1 rings (SSSR count). The number of aliphatic hydroxyl groups is 1. The quantitative estimate of drug-likeness (QED) is 0.608. The smallest absolute Gasteiger partial charge is 0.311 e. The molecule has 0 bridgehead atoms. The second kappa shape index (κ2) is 6.85. The molecule has 7 heteroatoms. The van der Waals surface area contributed by atoms with Gasteiger partial charge in [0.05, 0.1) is 10.5 Å². The number of carbonyl (C=O) groups is 1. The van der Waals surface area contributed by atoms with Crippen molar-refractivity contribution >= 4 is 11.6 Å². The van der Waals surface area contributed by atoms with E-state index in [9.17, 15) is 20.0 Å². The number of carbonyl (C=O) groups excluding carboxylic acids is 1. The fourth-order valence-corrected chi connectivity index (χ4v) is 1.84. The zero-order valence-electron chi connectivity index (χ0n) is 11.4. The van der Waals surface area contributed by atoms with Gasteiger partial charge in [-0.25, -0.2) is 0 Å². The Balaban J connectivity index is 3.12. The molecule has 1 aromatic rings. The summed E-state index contributed by atoms with van der Waals surface area (Å²) in [5.41, 5.74) is -0.604. The second-order valence-electron chi connectivity index (χ2n) is 4.60. The van der Waals surface area contributed by atoms with Gasteiger partial charge in [0.2, 0.25) is 5.75 Å². The number of para-hydroxylation sites is 1. The number of nitro benzene ring substituents is 1. The zero-order chi connectivity index (χ0) is 15.3. The molecule has 1 aromatic carbocycles. The van der Waals surface area contributed by atoms with Gasteiger partial charge in [0.25, 0.3) is 5.91 Å². The van der Waals surface area contributed by atoms with Crippen LogP contribution in [0.25, 0.3) is 0 Å². The number of amides is 1. The third-order valence-corrected chi connectivity index (χ3v) is 2.88. The van der Waals surface area contributed by atoms with Crippen LogP contribution in [-0.2, 0) is 0 Å². The number of phenolic OH excluding ortho intramolecular Hbond substituents is 1. The Labute approximate surface area is 116 Å². The van der Waals surface area contributed by atoms with Gasteiger partial charge in [-0.1, -0.05) is 6.07 Å². The highest BCUT2D eigenvalue weighted by molar-refractivity contribution is 5.98. The zero-order valence-corrected chi connectivity index (χ0v) is 11.4. The maximum atomic E-state index is 12.3. The molecule has 7 nitrogen and oxygen atoms in total. The Morgan fingerprint density at radius 2 is 2.10 bits per heavy atom. The average Bonchev–Trinajstić information content (AvgIpc) is 2.38. The lowest BCUT2D eigenvalue weighted by atomic mass is 10.1. The molecule has 0 saturated heterocycles. The Hall–Kier alpha value is -2.15. The van der Waals surface area contributed by atoms with E-state index in [1.54, 1.807) is 13.8 Å². The van der Waals surface area contributed by atoms with Gasteiger partial charge >= 0.3 is 5.69 Å². The summed E-state index contributed by atoms with van der Waals surface area (Å²) in [4.78, 5) is 23.8. The molecular weight excluding hydrogens is 264 g/mol. The van der Waals surface area contributed by atoms with Crippen molar-refractivity contribution < 1.29 is 19.9 Å². The number of rotatable bonds is 6. The maximum Gasteiger partial charge on any atom is 0.311 e. The Kier molecular flexibility index (Phi) is 5.45. The van der Waals surface area contributed by atoms with Crippen LogP contribution < -0.4 is 0 Å². The van der Waals surface area contributed by atoms with Gasteiger partial charge in [-0.2, -0.15) is 0 Å². The lowest BCUT2D eigenvalue weighted by Gasteiger charge is -2.26. The first-order valence-corrected chi connectivity index (χ1v) is 6.28. The normalized spacial score (nSPS) is 10.6. The number of nitro groups is 1. The summed E-state index contributed by atoms with van der Waals surface area (Å²) >= 11 is 0. The molecule has 0 heterocycles. The van der Waals surface area contributed by atoms with Crippen LogP contribution in [0.4, 0.5) is 5.69 Å². The molecule has 0 aliphatic rings. The predicted molar refractivity (Wildman–Crippen MR) is 72.6 cm³/mol. The molecule has 0 radical (unpaired) electrons. The van der Waals surface area contributed by atoms with Crippen molar-refractivity contribution in [3.63, 3.8) is 0 Å². The lowest BCUT2D eigenvalue weighted by Crippen LogP contribution is -2.38. The van der Waals surface area contributed by atoms with Crippen LogP contribution in [0.2, 0.25) is 0 Å². The van der Waals surface area contributed by atoms with Crippen molar-refractivity contribution in [1.29, 1.82) is 0 Å². The molecule has 20 heavy (non-hydrogen) atoms. The number of hydrogen-bond acceptors (Lipinski definition) is 5. The van der Waals surface area contributed by atoms with Crippen LogP contribution in [0, 0.1) is 10.1 Å². The molecule has 0 spiro atoms. The lowest BCUT2D eigenvalue weighted by molar-refractivity contribution is -0.385. The number of aliphatic hydroxyl groups excluding tert-OH is 1. The van der Waals surface area contributed by atoms with E-state index in [0.29, 0.717) is 13.0 Å². The van der Waals surface area contributed by atoms with Gasteiger partial charge in [-0.05, 0) is 26.3 Å². The first-order chi connectivity index (χ1) is 9.40. The van der Waals surface area contributed by atoms with Crippen LogP contribution in [0.3, 0.4) is 0 Å². The van der Waals surface area contributed by atoms with Gasteiger partial charge in [-0.15, -0.1) is 0 Å². The van der Waals surface area contributed by atoms with Gasteiger partial charge in [0, 0.05) is 25.3 Å². The van der Waals surface area contributed by atoms with E-state index in [0.717, 1.165) is 6.07 Å². The fourth-order valence-electron chi connectivity index (χ4n) is 1.84. The van der Waals surface area contributed by atoms with Crippen molar-refractivity contribution in [3.05, 3.63) is 33.9 Å². The molecule has 0 unspecified atom stereocenters. The van der Waals surface area contributed by atoms with E-state index in [1.807, 2.05) is 0 Å². The number of aromatic hydroxyl groups is 1. The fraction of sp³-hybridized carbons (Fsp3) is 0.462. The highest BCUT2D eigenvalue weighted by Gasteiger charge is 2.25. The molecular formula is C13H18N2O5. The first kappa shape index (κ1) is 15.9. The number of benzene rings is 1.